The summed E-state index contributed by atoms with van der Waals surface area (Å²) in [5, 5.41) is 20.5. The van der Waals surface area contributed by atoms with Gasteiger partial charge in [-0.25, -0.2) is 4.89 Å². The van der Waals surface area contributed by atoms with E-state index in [4.69, 9.17) is 10.3 Å². The van der Waals surface area contributed by atoms with E-state index in [0.717, 1.165) is 25.7 Å². The molecule has 0 unspecified atom stereocenters. The summed E-state index contributed by atoms with van der Waals surface area (Å²) in [5.41, 5.74) is 0. The molecule has 0 atom stereocenters. The van der Waals surface area contributed by atoms with Crippen LogP contribution in [-0.2, 0) is 4.89 Å². The molecule has 0 bridgehead atoms. The average Bonchev–Trinajstić information content (AvgIpc) is 2.08. The molecule has 0 amide bonds. The molecule has 13 heavy (non-hydrogen) atoms. The normalized spacial score (nSPS) is 28.8. The van der Waals surface area contributed by atoms with E-state index < -0.39 is 7.05 Å². The van der Waals surface area contributed by atoms with Crippen LogP contribution in [0.25, 0.3) is 0 Å². The third kappa shape index (κ3) is 4.09. The molecule has 1 saturated carbocycles. The zero-order valence-corrected chi connectivity index (χ0v) is 8.07. The highest BCUT2D eigenvalue weighted by Gasteiger charge is 2.22. The van der Waals surface area contributed by atoms with Crippen LogP contribution in [0.4, 0.5) is 0 Å². The highest BCUT2D eigenvalue weighted by atomic mass is 17.1. The Morgan fingerprint density at radius 1 is 1.38 bits per heavy atom. The predicted octanol–water partition coefficient (Wildman–Crippen LogP) is 0.735. The second-order valence-corrected chi connectivity index (χ2v) is 3.86. The van der Waals surface area contributed by atoms with Gasteiger partial charge in [-0.15, -0.1) is 0 Å². The summed E-state index contributed by atoms with van der Waals surface area (Å²) in [4.78, 5) is 4.13. The first-order chi connectivity index (χ1) is 6.22. The predicted molar refractivity (Wildman–Crippen MR) is 51.3 cm³/mol. The topological polar surface area (TPSA) is 61.7 Å². The molecule has 0 aromatic heterocycles. The Labute approximate surface area is 79.3 Å². The molecule has 5 heteroatoms. The van der Waals surface area contributed by atoms with Crippen molar-refractivity contribution in [3.05, 3.63) is 0 Å². The van der Waals surface area contributed by atoms with Gasteiger partial charge >= 0.3 is 7.05 Å². The van der Waals surface area contributed by atoms with E-state index >= 15 is 0 Å². The minimum absolute atomic E-state index is 0.421. The summed E-state index contributed by atoms with van der Waals surface area (Å²) < 4.78 is 0. The molecule has 0 aromatic carbocycles. The monoisotopic (exact) mass is 187 g/mol. The molecule has 3 N–H and O–H groups in total. The maximum Gasteiger partial charge on any atom is 0.373 e. The second kappa shape index (κ2) is 5.60. The molecule has 0 aromatic rings. The van der Waals surface area contributed by atoms with Crippen molar-refractivity contribution in [2.45, 2.75) is 38.5 Å². The summed E-state index contributed by atoms with van der Waals surface area (Å²) >= 11 is 0. The third-order valence-electron chi connectivity index (χ3n) is 2.63. The number of rotatable bonds is 4. The van der Waals surface area contributed by atoms with Crippen molar-refractivity contribution in [2.75, 3.05) is 6.61 Å². The lowest BCUT2D eigenvalue weighted by Gasteiger charge is -2.28. The maximum atomic E-state index is 9.10. The first-order valence-electron chi connectivity index (χ1n) is 4.93. The third-order valence-corrected chi connectivity index (χ3v) is 2.63. The lowest BCUT2D eigenvalue weighted by molar-refractivity contribution is -0.252. The molecule has 1 aliphatic carbocycles. The Kier molecular flexibility index (Phi) is 4.73. The molecular formula is C8H18BNO3. The Morgan fingerprint density at radius 3 is 2.46 bits per heavy atom. The standard InChI is InChI=1S/C8H18BNO3/c1-9(11)10-8-4-2-7(3-5-8)6-13-12/h7-8,10-12H,2-6H2,1H3. The fraction of sp³-hybridized carbons (Fsp3) is 1.00. The van der Waals surface area contributed by atoms with Crippen molar-refractivity contribution in [1.82, 2.24) is 5.23 Å². The van der Waals surface area contributed by atoms with Gasteiger partial charge in [0, 0.05) is 0 Å². The SMILES string of the molecule is CB(O)NC1CCC(COO)CC1. The van der Waals surface area contributed by atoms with Gasteiger partial charge in [-0.3, -0.25) is 5.26 Å². The van der Waals surface area contributed by atoms with Crippen molar-refractivity contribution >= 4 is 7.05 Å². The summed E-state index contributed by atoms with van der Waals surface area (Å²) in [6.45, 7) is 2.18. The average molecular weight is 187 g/mol. The first kappa shape index (κ1) is 11.0. The van der Waals surface area contributed by atoms with Crippen LogP contribution in [0.1, 0.15) is 25.7 Å². The molecule has 0 saturated heterocycles. The molecular weight excluding hydrogens is 169 g/mol. The lowest BCUT2D eigenvalue weighted by Crippen LogP contribution is -2.42. The summed E-state index contributed by atoms with van der Waals surface area (Å²) in [7, 11) is -0.421. The van der Waals surface area contributed by atoms with E-state index in [9.17, 15) is 0 Å². The molecule has 1 rings (SSSR count). The van der Waals surface area contributed by atoms with E-state index in [0.29, 0.717) is 18.6 Å². The molecule has 0 spiro atoms. The maximum absolute atomic E-state index is 9.10. The van der Waals surface area contributed by atoms with Crippen LogP contribution in [0.15, 0.2) is 0 Å². The summed E-state index contributed by atoms with van der Waals surface area (Å²) in [6, 6.07) is 0.426. The van der Waals surface area contributed by atoms with Crippen molar-refractivity contribution < 1.29 is 15.2 Å². The van der Waals surface area contributed by atoms with Crippen molar-refractivity contribution in [1.29, 1.82) is 0 Å². The van der Waals surface area contributed by atoms with E-state index in [-0.39, 0.29) is 0 Å². The highest BCUT2D eigenvalue weighted by molar-refractivity contribution is 6.45. The van der Waals surface area contributed by atoms with Crippen LogP contribution in [0.2, 0.25) is 6.82 Å². The van der Waals surface area contributed by atoms with Gasteiger partial charge < -0.3 is 10.3 Å². The van der Waals surface area contributed by atoms with E-state index in [1.807, 2.05) is 0 Å². The van der Waals surface area contributed by atoms with Crippen LogP contribution >= 0.6 is 0 Å². The Balaban J connectivity index is 2.15. The van der Waals surface area contributed by atoms with Gasteiger partial charge in [0.1, 0.15) is 0 Å². The molecule has 1 aliphatic rings. The van der Waals surface area contributed by atoms with Crippen LogP contribution in [-0.4, -0.2) is 30.0 Å². The van der Waals surface area contributed by atoms with Gasteiger partial charge in [0.15, 0.2) is 0 Å². The molecule has 0 heterocycles. The van der Waals surface area contributed by atoms with Crippen LogP contribution in [0.5, 0.6) is 0 Å². The highest BCUT2D eigenvalue weighted by Crippen LogP contribution is 2.24. The fourth-order valence-corrected chi connectivity index (χ4v) is 1.94. The lowest BCUT2D eigenvalue weighted by atomic mass is 9.81. The first-order valence-corrected chi connectivity index (χ1v) is 4.93. The van der Waals surface area contributed by atoms with Crippen LogP contribution in [0.3, 0.4) is 0 Å². The Bertz CT molecular complexity index is 137. The molecule has 1 fully saturated rings. The number of hydrogen-bond acceptors (Lipinski definition) is 4. The number of nitrogens with one attached hydrogen (secondary N) is 1. The van der Waals surface area contributed by atoms with E-state index in [1.54, 1.807) is 6.82 Å². The number of hydrogen-bond donors (Lipinski definition) is 3. The molecule has 76 valence electrons. The van der Waals surface area contributed by atoms with E-state index in [2.05, 4.69) is 10.1 Å². The minimum atomic E-state index is -0.421. The van der Waals surface area contributed by atoms with Gasteiger partial charge in [0.05, 0.1) is 6.61 Å². The summed E-state index contributed by atoms with van der Waals surface area (Å²) in [5.74, 6) is 0.483. The zero-order chi connectivity index (χ0) is 9.68. The van der Waals surface area contributed by atoms with Gasteiger partial charge in [-0.2, -0.15) is 0 Å². The summed E-state index contributed by atoms with van der Waals surface area (Å²) in [6.07, 6.45) is 4.23. The van der Waals surface area contributed by atoms with Gasteiger partial charge in [-0.1, -0.05) is 0 Å². The van der Waals surface area contributed by atoms with Crippen LogP contribution < -0.4 is 5.23 Å². The van der Waals surface area contributed by atoms with E-state index in [1.165, 1.54) is 0 Å². The van der Waals surface area contributed by atoms with Gasteiger partial charge in [-0.05, 0) is 44.5 Å². The largest absolute Gasteiger partial charge is 0.437 e. The minimum Gasteiger partial charge on any atom is -0.437 e. The van der Waals surface area contributed by atoms with Gasteiger partial charge in [0.25, 0.3) is 0 Å². The fourth-order valence-electron chi connectivity index (χ4n) is 1.94. The van der Waals surface area contributed by atoms with Gasteiger partial charge in [0.2, 0.25) is 0 Å². The molecule has 0 aliphatic heterocycles. The molecule has 0 radical (unpaired) electrons. The van der Waals surface area contributed by atoms with Crippen molar-refractivity contribution in [2.24, 2.45) is 5.92 Å². The Morgan fingerprint density at radius 2 is 2.00 bits per heavy atom. The Hall–Kier alpha value is -0.0951. The smallest absolute Gasteiger partial charge is 0.373 e. The quantitative estimate of drug-likeness (QED) is 0.345. The molecule has 4 nitrogen and oxygen atoms in total. The van der Waals surface area contributed by atoms with Crippen LogP contribution in [0, 0.1) is 5.92 Å². The zero-order valence-electron chi connectivity index (χ0n) is 8.07. The van der Waals surface area contributed by atoms with Crippen molar-refractivity contribution in [3.63, 3.8) is 0 Å². The second-order valence-electron chi connectivity index (χ2n) is 3.86. The van der Waals surface area contributed by atoms with Crippen molar-refractivity contribution in [3.8, 4) is 0 Å².